The van der Waals surface area contributed by atoms with E-state index in [1.54, 1.807) is 36.4 Å². The van der Waals surface area contributed by atoms with E-state index in [1.165, 1.54) is 53.0 Å². The van der Waals surface area contributed by atoms with Gasteiger partial charge in [0.05, 0.1) is 7.11 Å². The molecular weight excluding hydrogens is 803 g/mol. The van der Waals surface area contributed by atoms with Crippen LogP contribution >= 0.6 is 34.9 Å². The summed E-state index contributed by atoms with van der Waals surface area (Å²) < 4.78 is 10.9. The molecule has 19 nitrogen and oxygen atoms in total. The molecular formula is C35H33N9O10S3. The zero-order valence-electron chi connectivity index (χ0n) is 29.6. The number of aromatic nitrogens is 3. The molecule has 0 spiro atoms. The quantitative estimate of drug-likeness (QED) is 0.0172. The molecule has 1 fully saturated rings. The number of esters is 1. The Hall–Kier alpha value is -6.52. The Labute approximate surface area is 335 Å². The van der Waals surface area contributed by atoms with Crippen LogP contribution in [0.1, 0.15) is 22.9 Å². The van der Waals surface area contributed by atoms with E-state index in [4.69, 9.17) is 31.5 Å². The van der Waals surface area contributed by atoms with Crippen LogP contribution in [0.2, 0.25) is 0 Å². The SMILES string of the molecule is COc1ccc(COC(=O)C2=C(/C=C/CSc3nc(N)cc(N)n3)CS[C@@H]3[C@H](NC(=O)/C(=N\OC(C(=O)O)c4ccc(O)c(O)c4)c4csc(N)n4)C(=O)N23)cc1. The van der Waals surface area contributed by atoms with Gasteiger partial charge in [-0.1, -0.05) is 47.3 Å². The Balaban J connectivity index is 1.22. The Morgan fingerprint density at radius 3 is 2.46 bits per heavy atom. The first-order chi connectivity index (χ1) is 27.3. The number of phenols is 2. The second kappa shape index (κ2) is 17.5. The van der Waals surface area contributed by atoms with Gasteiger partial charge in [0.25, 0.3) is 11.8 Å². The third-order valence-corrected chi connectivity index (χ3v) is 10.9. The topological polar surface area (TPSA) is 301 Å². The van der Waals surface area contributed by atoms with Crippen molar-refractivity contribution < 1.29 is 48.8 Å². The zero-order valence-corrected chi connectivity index (χ0v) is 32.0. The molecule has 2 amide bonds. The van der Waals surface area contributed by atoms with E-state index in [1.807, 2.05) is 0 Å². The number of hydrogen-bond donors (Lipinski definition) is 7. The normalized spacial score (nSPS) is 17.1. The number of carboxylic acids is 1. The van der Waals surface area contributed by atoms with E-state index in [0.717, 1.165) is 23.5 Å². The van der Waals surface area contributed by atoms with E-state index in [9.17, 15) is 34.5 Å². The van der Waals surface area contributed by atoms with E-state index in [-0.39, 0.29) is 46.1 Å². The molecule has 296 valence electrons. The van der Waals surface area contributed by atoms with E-state index < -0.39 is 58.5 Å². The number of carbonyl (C=O) groups is 4. The average Bonchev–Trinajstić information content (AvgIpc) is 3.62. The minimum atomic E-state index is -1.83. The summed E-state index contributed by atoms with van der Waals surface area (Å²) in [7, 11) is 1.53. The number of β-lactam (4-membered cyclic amide) rings is 1. The minimum Gasteiger partial charge on any atom is -0.504 e. The van der Waals surface area contributed by atoms with Crippen molar-refractivity contribution in [3.8, 4) is 17.2 Å². The summed E-state index contributed by atoms with van der Waals surface area (Å²) in [5.74, 6) is -3.36. The number of thiazole rings is 1. The number of carboxylic acid groups (broad SMARTS) is 1. The number of ether oxygens (including phenoxy) is 2. The molecule has 2 aliphatic heterocycles. The second-order valence-corrected chi connectivity index (χ2v) is 14.9. The second-order valence-electron chi connectivity index (χ2n) is 12.0. The van der Waals surface area contributed by atoms with Crippen molar-refractivity contribution in [2.24, 2.45) is 5.16 Å². The highest BCUT2D eigenvalue weighted by Gasteiger charge is 2.54. The molecule has 2 aliphatic rings. The largest absolute Gasteiger partial charge is 0.504 e. The van der Waals surface area contributed by atoms with Crippen LogP contribution in [0, 0.1) is 0 Å². The van der Waals surface area contributed by atoms with Crippen molar-refractivity contribution in [1.82, 2.24) is 25.2 Å². The minimum absolute atomic E-state index is 0.0144. The number of oxime groups is 1. The van der Waals surface area contributed by atoms with E-state index in [2.05, 4.69) is 25.4 Å². The number of amides is 2. The predicted octanol–water partition coefficient (Wildman–Crippen LogP) is 2.39. The summed E-state index contributed by atoms with van der Waals surface area (Å²) in [4.78, 5) is 72.3. The summed E-state index contributed by atoms with van der Waals surface area (Å²) in [5, 5.41) is 36.8. The highest BCUT2D eigenvalue weighted by atomic mass is 32.2. The van der Waals surface area contributed by atoms with Crippen LogP contribution in [-0.2, 0) is 35.4 Å². The molecule has 1 unspecified atom stereocenters. The van der Waals surface area contributed by atoms with Crippen LogP contribution in [0.15, 0.2) is 87.6 Å². The van der Waals surface area contributed by atoms with Crippen LogP contribution < -0.4 is 27.3 Å². The van der Waals surface area contributed by atoms with Gasteiger partial charge in [0.1, 0.15) is 46.8 Å². The van der Waals surface area contributed by atoms with Gasteiger partial charge in [0, 0.05) is 28.5 Å². The summed E-state index contributed by atoms with van der Waals surface area (Å²) >= 11 is 3.49. The molecule has 0 bridgehead atoms. The molecule has 4 aromatic rings. The molecule has 2 aromatic heterocycles. The van der Waals surface area contributed by atoms with Gasteiger partial charge < -0.3 is 52.1 Å². The maximum absolute atomic E-state index is 13.8. The number of phenolic OH excluding ortho intramolecular Hbond substituents is 2. The highest BCUT2D eigenvalue weighted by molar-refractivity contribution is 8.00. The number of carbonyl (C=O) groups excluding carboxylic acids is 3. The standard InChI is InChI=1S/C35H33N9O10S3/c1-52-19-7-4-16(5-8-19)13-53-33(51)27-18(3-2-10-55-35-40-23(36)12-24(37)41-35)14-56-31-26(30(48)44(27)31)42-29(47)25(20-15-57-34(38)39-20)43-54-28(32(49)50)17-6-9-21(45)22(46)11-17/h2-9,11-12,15,26,28,31,45-46H,10,13-14H2,1H3,(H2,38,39)(H,42,47)(H,49,50)(H4,36,37,40,41)/b3-2+,43-25-/t26-,28?,31-/m1/s1. The van der Waals surface area contributed by atoms with Crippen LogP contribution in [0.3, 0.4) is 0 Å². The number of fused-ring (bicyclic) bond motifs is 1. The number of aliphatic carboxylic acids is 1. The number of rotatable bonds is 15. The summed E-state index contributed by atoms with van der Waals surface area (Å²) in [6, 6.07) is 10.4. The lowest BCUT2D eigenvalue weighted by Gasteiger charge is -2.49. The number of hydrogen-bond acceptors (Lipinski definition) is 19. The molecule has 0 radical (unpaired) electrons. The first kappa shape index (κ1) is 40.2. The Kier molecular flexibility index (Phi) is 12.3. The van der Waals surface area contributed by atoms with Gasteiger partial charge in [0.15, 0.2) is 27.5 Å². The Morgan fingerprint density at radius 2 is 1.81 bits per heavy atom. The number of nitrogens with two attached hydrogens (primary N) is 3. The number of anilines is 3. The molecule has 0 aliphatic carbocycles. The van der Waals surface area contributed by atoms with Crippen molar-refractivity contribution in [2.75, 3.05) is 35.8 Å². The summed E-state index contributed by atoms with van der Waals surface area (Å²) in [6.45, 7) is -0.106. The van der Waals surface area contributed by atoms with Crippen LogP contribution in [0.5, 0.6) is 17.2 Å². The molecule has 4 heterocycles. The van der Waals surface area contributed by atoms with Gasteiger partial charge in [-0.2, -0.15) is 0 Å². The molecule has 6 rings (SSSR count). The van der Waals surface area contributed by atoms with Crippen LogP contribution in [0.25, 0.3) is 0 Å². The fourth-order valence-electron chi connectivity index (χ4n) is 5.41. The fourth-order valence-corrected chi connectivity index (χ4v) is 7.95. The summed E-state index contributed by atoms with van der Waals surface area (Å²) in [5.41, 5.74) is 17.8. The summed E-state index contributed by atoms with van der Waals surface area (Å²) in [6.07, 6.45) is 1.62. The highest BCUT2D eigenvalue weighted by Crippen LogP contribution is 2.41. The number of nitrogens with one attached hydrogen (secondary N) is 1. The van der Waals surface area contributed by atoms with Crippen LogP contribution in [0.4, 0.5) is 16.8 Å². The van der Waals surface area contributed by atoms with Crippen LogP contribution in [-0.4, -0.2) is 94.7 Å². The van der Waals surface area contributed by atoms with Gasteiger partial charge in [0.2, 0.25) is 6.10 Å². The maximum atomic E-state index is 13.8. The number of nitrogens with zero attached hydrogens (tertiary/aromatic N) is 5. The monoisotopic (exact) mass is 835 g/mol. The molecule has 1 saturated heterocycles. The molecule has 22 heteroatoms. The van der Waals surface area contributed by atoms with Crippen molar-refractivity contribution in [1.29, 1.82) is 0 Å². The third-order valence-electron chi connectivity index (χ3n) is 8.14. The lowest BCUT2D eigenvalue weighted by Crippen LogP contribution is -2.71. The number of methoxy groups -OCH3 is 1. The number of thioether (sulfide) groups is 2. The van der Waals surface area contributed by atoms with Crippen molar-refractivity contribution in [3.63, 3.8) is 0 Å². The number of benzene rings is 2. The zero-order chi connectivity index (χ0) is 40.8. The Morgan fingerprint density at radius 1 is 1.07 bits per heavy atom. The van der Waals surface area contributed by atoms with Gasteiger partial charge >= 0.3 is 11.9 Å². The van der Waals surface area contributed by atoms with Crippen molar-refractivity contribution in [2.45, 2.75) is 29.3 Å². The van der Waals surface area contributed by atoms with Gasteiger partial charge in [-0.05, 0) is 35.4 Å². The third kappa shape index (κ3) is 9.31. The van der Waals surface area contributed by atoms with Crippen molar-refractivity contribution in [3.05, 3.63) is 94.2 Å². The first-order valence-electron chi connectivity index (χ1n) is 16.5. The molecule has 2 aromatic carbocycles. The Bertz CT molecular complexity index is 2280. The fraction of sp³-hybridized carbons (Fsp3) is 0.200. The lowest BCUT2D eigenvalue weighted by molar-refractivity contribution is -0.153. The number of nitrogen functional groups attached to an aromatic ring is 3. The van der Waals surface area contributed by atoms with Gasteiger partial charge in [-0.3, -0.25) is 14.5 Å². The number of aromatic hydroxyl groups is 2. The predicted molar refractivity (Wildman–Crippen MR) is 210 cm³/mol. The van der Waals surface area contributed by atoms with Gasteiger partial charge in [-0.15, -0.1) is 23.1 Å². The lowest BCUT2D eigenvalue weighted by atomic mass is 10.0. The smallest absolute Gasteiger partial charge is 0.355 e. The number of allylic oxidation sites excluding steroid dienone is 1. The molecule has 3 atom stereocenters. The first-order valence-corrected chi connectivity index (χ1v) is 19.4. The molecule has 57 heavy (non-hydrogen) atoms. The van der Waals surface area contributed by atoms with Crippen molar-refractivity contribution >= 4 is 81.1 Å². The molecule has 0 saturated carbocycles. The maximum Gasteiger partial charge on any atom is 0.355 e. The van der Waals surface area contributed by atoms with E-state index >= 15 is 0 Å². The average molecular weight is 836 g/mol. The molecule has 10 N–H and O–H groups in total. The van der Waals surface area contributed by atoms with Gasteiger partial charge in [-0.25, -0.2) is 24.5 Å². The van der Waals surface area contributed by atoms with E-state index in [0.29, 0.717) is 27.8 Å².